The van der Waals surface area contributed by atoms with E-state index in [-0.39, 0.29) is 12.5 Å². The molecular formula is C23H25N3O3S. The number of hydrogen-bond acceptors (Lipinski definition) is 5. The molecule has 3 amide bonds. The highest BCUT2D eigenvalue weighted by atomic mass is 32.1. The fourth-order valence-corrected chi connectivity index (χ4v) is 3.80. The summed E-state index contributed by atoms with van der Waals surface area (Å²) in [6, 6.07) is 20.8. The average molecular weight is 424 g/mol. The van der Waals surface area contributed by atoms with Crippen molar-refractivity contribution in [2.45, 2.75) is 19.6 Å². The van der Waals surface area contributed by atoms with Gasteiger partial charge in [0.15, 0.2) is 0 Å². The van der Waals surface area contributed by atoms with Crippen molar-refractivity contribution in [2.75, 3.05) is 13.7 Å². The third-order valence-electron chi connectivity index (χ3n) is 4.46. The number of rotatable bonds is 9. The lowest BCUT2D eigenvalue weighted by molar-refractivity contribution is -0.121. The summed E-state index contributed by atoms with van der Waals surface area (Å²) in [5.41, 5.74) is 1.95. The minimum absolute atomic E-state index is 0.0920. The first-order valence-corrected chi connectivity index (χ1v) is 10.5. The zero-order chi connectivity index (χ0) is 21.2. The van der Waals surface area contributed by atoms with E-state index in [0.29, 0.717) is 19.6 Å². The standard InChI is InChI=1S/C23H25N3O3S/c1-29-21-12-6-5-10-19(21)15-26(16-20-11-7-13-30-20)17-22(27)25-23(28)24-14-18-8-3-2-4-9-18/h2-13H,14-17H2,1H3,(H2,24,25,27,28). The molecule has 0 spiro atoms. The number of amides is 3. The van der Waals surface area contributed by atoms with E-state index < -0.39 is 6.03 Å². The van der Waals surface area contributed by atoms with Crippen LogP contribution in [0.15, 0.2) is 72.1 Å². The maximum absolute atomic E-state index is 12.5. The number of imide groups is 1. The maximum atomic E-state index is 12.5. The molecule has 3 rings (SSSR count). The van der Waals surface area contributed by atoms with Crippen molar-refractivity contribution in [3.63, 3.8) is 0 Å². The first kappa shape index (κ1) is 21.5. The summed E-state index contributed by atoms with van der Waals surface area (Å²) < 4.78 is 5.44. The smallest absolute Gasteiger partial charge is 0.321 e. The molecule has 0 saturated carbocycles. The highest BCUT2D eigenvalue weighted by molar-refractivity contribution is 7.09. The van der Waals surface area contributed by atoms with Crippen LogP contribution in [-0.4, -0.2) is 30.5 Å². The molecule has 6 nitrogen and oxygen atoms in total. The minimum atomic E-state index is -0.503. The van der Waals surface area contributed by atoms with Gasteiger partial charge in [-0.2, -0.15) is 0 Å². The molecule has 0 bridgehead atoms. The van der Waals surface area contributed by atoms with Crippen molar-refractivity contribution >= 4 is 23.3 Å². The first-order valence-electron chi connectivity index (χ1n) is 9.62. The van der Waals surface area contributed by atoms with Gasteiger partial charge in [-0.3, -0.25) is 15.0 Å². The number of nitrogens with one attached hydrogen (secondary N) is 2. The van der Waals surface area contributed by atoms with Crippen LogP contribution in [0.5, 0.6) is 5.75 Å². The Morgan fingerprint density at radius 1 is 0.967 bits per heavy atom. The minimum Gasteiger partial charge on any atom is -0.496 e. The Morgan fingerprint density at radius 3 is 2.47 bits per heavy atom. The van der Waals surface area contributed by atoms with Gasteiger partial charge in [0.25, 0.3) is 0 Å². The van der Waals surface area contributed by atoms with Gasteiger partial charge in [-0.05, 0) is 23.1 Å². The van der Waals surface area contributed by atoms with Crippen LogP contribution in [0.4, 0.5) is 4.79 Å². The fraction of sp³-hybridized carbons (Fsp3) is 0.217. The molecule has 30 heavy (non-hydrogen) atoms. The van der Waals surface area contributed by atoms with E-state index in [1.165, 1.54) is 0 Å². The van der Waals surface area contributed by atoms with Gasteiger partial charge in [-0.25, -0.2) is 4.79 Å². The van der Waals surface area contributed by atoms with Crippen LogP contribution in [0.1, 0.15) is 16.0 Å². The summed E-state index contributed by atoms with van der Waals surface area (Å²) in [5.74, 6) is 0.418. The van der Waals surface area contributed by atoms with Gasteiger partial charge >= 0.3 is 6.03 Å². The second-order valence-electron chi connectivity index (χ2n) is 6.75. The second-order valence-corrected chi connectivity index (χ2v) is 7.79. The van der Waals surface area contributed by atoms with Crippen LogP contribution in [0, 0.1) is 0 Å². The van der Waals surface area contributed by atoms with Crippen LogP contribution in [0.2, 0.25) is 0 Å². The van der Waals surface area contributed by atoms with Gasteiger partial charge in [0.1, 0.15) is 5.75 Å². The van der Waals surface area contributed by atoms with Crippen molar-refractivity contribution in [3.8, 4) is 5.75 Å². The first-order chi connectivity index (χ1) is 14.6. The molecule has 0 saturated heterocycles. The van der Waals surface area contributed by atoms with Gasteiger partial charge in [0, 0.05) is 30.1 Å². The van der Waals surface area contributed by atoms with Gasteiger partial charge in [-0.15, -0.1) is 11.3 Å². The molecule has 0 aliphatic rings. The molecule has 3 aromatic rings. The molecule has 0 fully saturated rings. The molecule has 0 atom stereocenters. The third kappa shape index (κ3) is 6.72. The number of methoxy groups -OCH3 is 1. The number of ether oxygens (including phenoxy) is 1. The Balaban J connectivity index is 1.58. The SMILES string of the molecule is COc1ccccc1CN(CC(=O)NC(=O)NCc1ccccc1)Cc1cccs1. The molecule has 1 aromatic heterocycles. The van der Waals surface area contributed by atoms with Crippen molar-refractivity contribution in [1.82, 2.24) is 15.5 Å². The molecule has 0 unspecified atom stereocenters. The summed E-state index contributed by atoms with van der Waals surface area (Å²) in [5, 5.41) is 7.13. The molecule has 7 heteroatoms. The number of benzene rings is 2. The van der Waals surface area contributed by atoms with Crippen LogP contribution in [0.25, 0.3) is 0 Å². The molecule has 2 N–H and O–H groups in total. The van der Waals surface area contributed by atoms with Crippen molar-refractivity contribution in [2.24, 2.45) is 0 Å². The number of carbonyl (C=O) groups is 2. The summed E-state index contributed by atoms with van der Waals surface area (Å²) in [4.78, 5) is 27.7. The normalized spacial score (nSPS) is 10.6. The van der Waals surface area contributed by atoms with E-state index in [2.05, 4.69) is 10.6 Å². The van der Waals surface area contributed by atoms with E-state index in [9.17, 15) is 9.59 Å². The Morgan fingerprint density at radius 2 is 1.73 bits per heavy atom. The van der Waals surface area contributed by atoms with E-state index in [4.69, 9.17) is 4.74 Å². The van der Waals surface area contributed by atoms with Gasteiger partial charge in [-0.1, -0.05) is 54.6 Å². The fourth-order valence-electron chi connectivity index (χ4n) is 3.06. The summed E-state index contributed by atoms with van der Waals surface area (Å²) >= 11 is 1.63. The number of nitrogens with zero attached hydrogens (tertiary/aromatic N) is 1. The molecule has 2 aromatic carbocycles. The molecule has 156 valence electrons. The highest BCUT2D eigenvalue weighted by Gasteiger charge is 2.16. The second kappa shape index (κ2) is 11.1. The third-order valence-corrected chi connectivity index (χ3v) is 5.32. The Bertz CT molecular complexity index is 945. The topological polar surface area (TPSA) is 70.7 Å². The summed E-state index contributed by atoms with van der Waals surface area (Å²) in [6.45, 7) is 1.59. The van der Waals surface area contributed by atoms with E-state index >= 15 is 0 Å². The summed E-state index contributed by atoms with van der Waals surface area (Å²) in [6.07, 6.45) is 0. The van der Waals surface area contributed by atoms with Crippen LogP contribution < -0.4 is 15.4 Å². The van der Waals surface area contributed by atoms with Gasteiger partial charge in [0.2, 0.25) is 5.91 Å². The number of thiophene rings is 1. The average Bonchev–Trinajstić information content (AvgIpc) is 3.26. The number of para-hydroxylation sites is 1. The zero-order valence-electron chi connectivity index (χ0n) is 16.8. The molecular weight excluding hydrogens is 398 g/mol. The summed E-state index contributed by atoms with van der Waals surface area (Å²) in [7, 11) is 1.63. The predicted molar refractivity (Wildman–Crippen MR) is 118 cm³/mol. The van der Waals surface area contributed by atoms with E-state index in [1.807, 2.05) is 77.0 Å². The lowest BCUT2D eigenvalue weighted by Gasteiger charge is -2.22. The largest absolute Gasteiger partial charge is 0.496 e. The lowest BCUT2D eigenvalue weighted by atomic mass is 10.2. The Hall–Kier alpha value is -3.16. The van der Waals surface area contributed by atoms with Crippen molar-refractivity contribution < 1.29 is 14.3 Å². The van der Waals surface area contributed by atoms with E-state index in [1.54, 1.807) is 18.4 Å². The van der Waals surface area contributed by atoms with Crippen molar-refractivity contribution in [1.29, 1.82) is 0 Å². The van der Waals surface area contributed by atoms with Gasteiger partial charge in [0.05, 0.1) is 13.7 Å². The van der Waals surface area contributed by atoms with Gasteiger partial charge < -0.3 is 10.1 Å². The van der Waals surface area contributed by atoms with Crippen molar-refractivity contribution in [3.05, 3.63) is 88.1 Å². The quantitative estimate of drug-likeness (QED) is 0.549. The highest BCUT2D eigenvalue weighted by Crippen LogP contribution is 2.21. The van der Waals surface area contributed by atoms with E-state index in [0.717, 1.165) is 21.8 Å². The zero-order valence-corrected chi connectivity index (χ0v) is 17.7. The Labute approximate surface area is 180 Å². The molecule has 0 radical (unpaired) electrons. The number of hydrogen-bond donors (Lipinski definition) is 2. The number of carbonyl (C=O) groups excluding carboxylic acids is 2. The maximum Gasteiger partial charge on any atom is 0.321 e. The predicted octanol–water partition coefficient (Wildman–Crippen LogP) is 3.78. The Kier molecular flexibility index (Phi) is 8.00. The lowest BCUT2D eigenvalue weighted by Crippen LogP contribution is -2.44. The molecule has 0 aliphatic carbocycles. The number of urea groups is 1. The molecule has 1 heterocycles. The van der Waals surface area contributed by atoms with Crippen LogP contribution in [0.3, 0.4) is 0 Å². The monoisotopic (exact) mass is 423 g/mol. The van der Waals surface area contributed by atoms with Crippen LogP contribution in [-0.2, 0) is 24.4 Å². The van der Waals surface area contributed by atoms with Crippen LogP contribution >= 0.6 is 11.3 Å². The molecule has 0 aliphatic heterocycles.